The van der Waals surface area contributed by atoms with Gasteiger partial charge in [-0.05, 0) is 42.9 Å². The summed E-state index contributed by atoms with van der Waals surface area (Å²) in [5, 5.41) is 0. The summed E-state index contributed by atoms with van der Waals surface area (Å²) < 4.78 is 12.0. The standard InChI is InChI=1S/C22H27NO2S/c1-2-4-16(5-3-1)21-9-7-18(26-21)15-25-20-14-17-6-8-19(20)22(17)23-10-12-24-13-11-23/h1-5,7,9,17,19-20,22H,6,8,10-15H2/t17-,19+,20+,22?/m0/s1. The van der Waals surface area contributed by atoms with Gasteiger partial charge in [-0.1, -0.05) is 30.3 Å². The summed E-state index contributed by atoms with van der Waals surface area (Å²) in [5.74, 6) is 1.57. The molecule has 1 aromatic carbocycles. The van der Waals surface area contributed by atoms with Gasteiger partial charge in [0.1, 0.15) is 0 Å². The van der Waals surface area contributed by atoms with Gasteiger partial charge in [0.2, 0.25) is 0 Å². The molecular weight excluding hydrogens is 342 g/mol. The van der Waals surface area contributed by atoms with Crippen molar-refractivity contribution in [1.29, 1.82) is 0 Å². The number of hydrogen-bond acceptors (Lipinski definition) is 4. The van der Waals surface area contributed by atoms with Crippen molar-refractivity contribution in [3.63, 3.8) is 0 Å². The third kappa shape index (κ3) is 3.24. The average molecular weight is 370 g/mol. The lowest BCUT2D eigenvalue weighted by Gasteiger charge is -2.35. The second kappa shape index (κ2) is 7.43. The summed E-state index contributed by atoms with van der Waals surface area (Å²) in [5.41, 5.74) is 1.30. The molecule has 1 aliphatic heterocycles. The first kappa shape index (κ1) is 16.9. The van der Waals surface area contributed by atoms with E-state index < -0.39 is 0 Å². The smallest absolute Gasteiger partial charge is 0.0813 e. The van der Waals surface area contributed by atoms with Crippen LogP contribution in [0, 0.1) is 11.8 Å². The van der Waals surface area contributed by atoms with Crippen molar-refractivity contribution in [2.75, 3.05) is 26.3 Å². The quantitative estimate of drug-likeness (QED) is 0.778. The van der Waals surface area contributed by atoms with Crippen molar-refractivity contribution in [3.8, 4) is 10.4 Å². The van der Waals surface area contributed by atoms with Crippen LogP contribution in [0.4, 0.5) is 0 Å². The van der Waals surface area contributed by atoms with E-state index in [9.17, 15) is 0 Å². The van der Waals surface area contributed by atoms with Crippen LogP contribution >= 0.6 is 11.3 Å². The van der Waals surface area contributed by atoms with Crippen molar-refractivity contribution < 1.29 is 9.47 Å². The molecule has 3 aliphatic rings. The summed E-state index contributed by atoms with van der Waals surface area (Å²) in [4.78, 5) is 5.37. The summed E-state index contributed by atoms with van der Waals surface area (Å²) >= 11 is 1.87. The first-order valence-electron chi connectivity index (χ1n) is 9.96. The monoisotopic (exact) mass is 369 g/mol. The van der Waals surface area contributed by atoms with Crippen LogP contribution in [-0.4, -0.2) is 43.3 Å². The average Bonchev–Trinajstić information content (AvgIpc) is 3.42. The van der Waals surface area contributed by atoms with E-state index in [1.165, 1.54) is 34.6 Å². The molecule has 2 aromatic rings. The maximum atomic E-state index is 6.45. The zero-order chi connectivity index (χ0) is 17.3. The third-order valence-electron chi connectivity index (χ3n) is 6.43. The molecule has 3 nitrogen and oxygen atoms in total. The highest BCUT2D eigenvalue weighted by Crippen LogP contribution is 2.49. The normalized spacial score (nSPS) is 31.5. The first-order chi connectivity index (χ1) is 12.9. The van der Waals surface area contributed by atoms with Crippen LogP contribution in [0.2, 0.25) is 0 Å². The van der Waals surface area contributed by atoms with E-state index in [2.05, 4.69) is 47.4 Å². The van der Waals surface area contributed by atoms with Crippen LogP contribution in [0.1, 0.15) is 24.1 Å². The SMILES string of the molecule is c1ccc(-c2ccc(CO[C@@H]3C[C@@H]4CC[C@H]3C4N3CCOCC3)s2)cc1. The van der Waals surface area contributed by atoms with E-state index >= 15 is 0 Å². The van der Waals surface area contributed by atoms with Crippen molar-refractivity contribution in [1.82, 2.24) is 4.90 Å². The highest BCUT2D eigenvalue weighted by Gasteiger charge is 2.50. The Balaban J connectivity index is 1.21. The van der Waals surface area contributed by atoms with Gasteiger partial charge in [0.05, 0.1) is 25.9 Å². The Bertz CT molecular complexity index is 725. The largest absolute Gasteiger partial charge is 0.379 e. The maximum Gasteiger partial charge on any atom is 0.0813 e. The molecule has 2 aliphatic carbocycles. The Morgan fingerprint density at radius 2 is 1.88 bits per heavy atom. The number of fused-ring (bicyclic) bond motifs is 2. The van der Waals surface area contributed by atoms with Crippen LogP contribution in [0.25, 0.3) is 10.4 Å². The number of nitrogens with zero attached hydrogens (tertiary/aromatic N) is 1. The molecule has 26 heavy (non-hydrogen) atoms. The fourth-order valence-electron chi connectivity index (χ4n) is 5.27. The van der Waals surface area contributed by atoms with Gasteiger partial charge in [-0.25, -0.2) is 0 Å². The molecule has 2 bridgehead atoms. The molecule has 0 N–H and O–H groups in total. The molecule has 4 atom stereocenters. The topological polar surface area (TPSA) is 21.7 Å². The fraction of sp³-hybridized carbons (Fsp3) is 0.545. The molecule has 2 saturated carbocycles. The van der Waals surface area contributed by atoms with E-state index in [4.69, 9.17) is 9.47 Å². The van der Waals surface area contributed by atoms with Crippen LogP contribution in [0.15, 0.2) is 42.5 Å². The van der Waals surface area contributed by atoms with Gasteiger partial charge < -0.3 is 9.47 Å². The first-order valence-corrected chi connectivity index (χ1v) is 10.8. The van der Waals surface area contributed by atoms with Gasteiger partial charge in [-0.2, -0.15) is 0 Å². The lowest BCUT2D eigenvalue weighted by molar-refractivity contribution is -0.0191. The van der Waals surface area contributed by atoms with E-state index in [1.807, 2.05) is 11.3 Å². The Labute approximate surface area is 159 Å². The molecule has 1 unspecified atom stereocenters. The van der Waals surface area contributed by atoms with Crippen molar-refractivity contribution >= 4 is 11.3 Å². The Morgan fingerprint density at radius 1 is 1.04 bits per heavy atom. The Kier molecular flexibility index (Phi) is 4.84. The van der Waals surface area contributed by atoms with E-state index in [-0.39, 0.29) is 0 Å². The highest BCUT2D eigenvalue weighted by molar-refractivity contribution is 7.15. The second-order valence-corrected chi connectivity index (χ2v) is 9.03. The molecule has 1 saturated heterocycles. The van der Waals surface area contributed by atoms with E-state index in [0.29, 0.717) is 6.10 Å². The van der Waals surface area contributed by atoms with Gasteiger partial charge >= 0.3 is 0 Å². The fourth-order valence-corrected chi connectivity index (χ4v) is 6.21. The Hall–Kier alpha value is -1.20. The van der Waals surface area contributed by atoms with Gasteiger partial charge in [-0.15, -0.1) is 11.3 Å². The molecule has 0 radical (unpaired) electrons. The minimum absolute atomic E-state index is 0.448. The number of hydrogen-bond donors (Lipinski definition) is 0. The second-order valence-electron chi connectivity index (χ2n) is 7.86. The molecule has 1 aromatic heterocycles. The summed E-state index contributed by atoms with van der Waals surface area (Å²) in [6, 6.07) is 15.8. The molecule has 5 rings (SSSR count). The molecular formula is C22H27NO2S. The van der Waals surface area contributed by atoms with Gasteiger partial charge in [-0.3, -0.25) is 4.90 Å². The third-order valence-corrected chi connectivity index (χ3v) is 7.54. The van der Waals surface area contributed by atoms with Crippen molar-refractivity contribution in [2.45, 2.75) is 38.0 Å². The van der Waals surface area contributed by atoms with E-state index in [1.54, 1.807) is 0 Å². The lowest BCUT2D eigenvalue weighted by Crippen LogP contribution is -2.46. The minimum Gasteiger partial charge on any atom is -0.379 e. The van der Waals surface area contributed by atoms with Crippen LogP contribution in [0.5, 0.6) is 0 Å². The predicted octanol–water partition coefficient (Wildman–Crippen LogP) is 4.43. The van der Waals surface area contributed by atoms with E-state index in [0.717, 1.165) is 50.8 Å². The summed E-state index contributed by atoms with van der Waals surface area (Å²) in [7, 11) is 0. The van der Waals surface area contributed by atoms with Gasteiger partial charge in [0.15, 0.2) is 0 Å². The Morgan fingerprint density at radius 3 is 2.73 bits per heavy atom. The zero-order valence-corrected chi connectivity index (χ0v) is 16.0. The maximum absolute atomic E-state index is 6.45. The number of benzene rings is 1. The molecule has 0 amide bonds. The van der Waals surface area contributed by atoms with Crippen molar-refractivity contribution in [2.24, 2.45) is 11.8 Å². The number of morpholine rings is 1. The number of rotatable bonds is 5. The molecule has 2 heterocycles. The minimum atomic E-state index is 0.448. The molecule has 138 valence electrons. The van der Waals surface area contributed by atoms with Crippen LogP contribution < -0.4 is 0 Å². The zero-order valence-electron chi connectivity index (χ0n) is 15.2. The van der Waals surface area contributed by atoms with Crippen LogP contribution in [-0.2, 0) is 16.1 Å². The number of thiophene rings is 1. The number of ether oxygens (including phenoxy) is 2. The molecule has 3 fully saturated rings. The highest BCUT2D eigenvalue weighted by atomic mass is 32.1. The van der Waals surface area contributed by atoms with Crippen LogP contribution in [0.3, 0.4) is 0 Å². The predicted molar refractivity (Wildman–Crippen MR) is 105 cm³/mol. The lowest BCUT2D eigenvalue weighted by atomic mass is 9.98. The molecule has 0 spiro atoms. The molecule has 4 heteroatoms. The summed E-state index contributed by atoms with van der Waals surface area (Å²) in [6.45, 7) is 4.78. The summed E-state index contributed by atoms with van der Waals surface area (Å²) in [6.07, 6.45) is 4.44. The van der Waals surface area contributed by atoms with Crippen molar-refractivity contribution in [3.05, 3.63) is 47.3 Å². The van der Waals surface area contributed by atoms with Gasteiger partial charge in [0, 0.05) is 34.8 Å². The van der Waals surface area contributed by atoms with Gasteiger partial charge in [0.25, 0.3) is 0 Å².